The molecule has 0 aliphatic rings. The molecule has 6 nitrogen and oxygen atoms in total. The van der Waals surface area contributed by atoms with Gasteiger partial charge in [0, 0.05) is 5.56 Å². The summed E-state index contributed by atoms with van der Waals surface area (Å²) in [6.45, 7) is 2.33. The standard InChI is InChI=1S/C19H23NO5/c1-3-4-9-16(18(21)22)20-12-13-10-11-17(25-13)14-7-5-6-8-15(14)19(23)24-2/h5-8,10-11,16,20H,3-4,9,12H2,1-2H3,(H,21,22). The maximum atomic E-state index is 11.9. The topological polar surface area (TPSA) is 88.8 Å². The molecule has 0 aliphatic heterocycles. The maximum absolute atomic E-state index is 11.9. The van der Waals surface area contributed by atoms with Crippen LogP contribution in [0.2, 0.25) is 0 Å². The summed E-state index contributed by atoms with van der Waals surface area (Å²) >= 11 is 0. The highest BCUT2D eigenvalue weighted by molar-refractivity contribution is 5.96. The van der Waals surface area contributed by atoms with E-state index in [0.29, 0.717) is 35.6 Å². The third kappa shape index (κ3) is 4.93. The van der Waals surface area contributed by atoms with E-state index >= 15 is 0 Å². The van der Waals surface area contributed by atoms with E-state index < -0.39 is 18.0 Å². The molecule has 2 N–H and O–H groups in total. The van der Waals surface area contributed by atoms with Crippen molar-refractivity contribution in [1.82, 2.24) is 5.32 Å². The van der Waals surface area contributed by atoms with Crippen molar-refractivity contribution in [2.24, 2.45) is 0 Å². The molecule has 0 aliphatic carbocycles. The van der Waals surface area contributed by atoms with E-state index in [0.717, 1.165) is 12.8 Å². The lowest BCUT2D eigenvalue weighted by Crippen LogP contribution is -2.36. The van der Waals surface area contributed by atoms with Crippen LogP contribution in [0.1, 0.15) is 42.3 Å². The fraction of sp³-hybridized carbons (Fsp3) is 0.368. The number of hydrogen-bond acceptors (Lipinski definition) is 5. The summed E-state index contributed by atoms with van der Waals surface area (Å²) in [4.78, 5) is 23.1. The molecule has 0 bridgehead atoms. The molecule has 0 fully saturated rings. The molecule has 1 unspecified atom stereocenters. The van der Waals surface area contributed by atoms with Crippen molar-refractivity contribution >= 4 is 11.9 Å². The Hall–Kier alpha value is -2.60. The average molecular weight is 345 g/mol. The zero-order chi connectivity index (χ0) is 18.2. The number of hydrogen-bond donors (Lipinski definition) is 2. The van der Waals surface area contributed by atoms with Gasteiger partial charge in [-0.25, -0.2) is 4.79 Å². The highest BCUT2D eigenvalue weighted by Crippen LogP contribution is 2.26. The smallest absolute Gasteiger partial charge is 0.338 e. The molecule has 1 aromatic carbocycles. The zero-order valence-corrected chi connectivity index (χ0v) is 14.5. The van der Waals surface area contributed by atoms with Crippen LogP contribution in [0.5, 0.6) is 0 Å². The van der Waals surface area contributed by atoms with Crippen molar-refractivity contribution in [1.29, 1.82) is 0 Å². The van der Waals surface area contributed by atoms with Crippen LogP contribution in [0.15, 0.2) is 40.8 Å². The number of rotatable bonds is 9. The van der Waals surface area contributed by atoms with E-state index in [9.17, 15) is 14.7 Å². The minimum absolute atomic E-state index is 0.307. The first-order chi connectivity index (χ1) is 12.1. The highest BCUT2D eigenvalue weighted by atomic mass is 16.5. The lowest BCUT2D eigenvalue weighted by molar-refractivity contribution is -0.139. The molecule has 0 radical (unpaired) electrons. The number of esters is 1. The first-order valence-corrected chi connectivity index (χ1v) is 8.29. The second kappa shape index (κ2) is 9.03. The summed E-state index contributed by atoms with van der Waals surface area (Å²) in [6.07, 6.45) is 2.37. The number of benzene rings is 1. The highest BCUT2D eigenvalue weighted by Gasteiger charge is 2.18. The number of nitrogens with one attached hydrogen (secondary N) is 1. The van der Waals surface area contributed by atoms with Gasteiger partial charge in [-0.3, -0.25) is 10.1 Å². The van der Waals surface area contributed by atoms with E-state index in [1.807, 2.05) is 13.0 Å². The Bertz CT molecular complexity index is 722. The Balaban J connectivity index is 2.10. The summed E-state index contributed by atoms with van der Waals surface area (Å²) in [7, 11) is 1.33. The summed E-state index contributed by atoms with van der Waals surface area (Å²) < 4.78 is 10.6. The number of unbranched alkanes of at least 4 members (excludes halogenated alkanes) is 1. The van der Waals surface area contributed by atoms with Gasteiger partial charge >= 0.3 is 11.9 Å². The number of aliphatic carboxylic acids is 1. The third-order valence-electron chi connectivity index (χ3n) is 3.93. The van der Waals surface area contributed by atoms with Crippen molar-refractivity contribution in [2.45, 2.75) is 38.8 Å². The number of carboxylic acids is 1. The largest absolute Gasteiger partial charge is 0.480 e. The van der Waals surface area contributed by atoms with Crippen molar-refractivity contribution in [3.05, 3.63) is 47.7 Å². The van der Waals surface area contributed by atoms with E-state index in [1.165, 1.54) is 7.11 Å². The normalized spacial score (nSPS) is 11.9. The van der Waals surface area contributed by atoms with E-state index in [-0.39, 0.29) is 0 Å². The number of ether oxygens (including phenoxy) is 1. The van der Waals surface area contributed by atoms with Crippen LogP contribution in [0.25, 0.3) is 11.3 Å². The first kappa shape index (κ1) is 18.7. The van der Waals surface area contributed by atoms with Crippen LogP contribution in [0.3, 0.4) is 0 Å². The van der Waals surface area contributed by atoms with Crippen LogP contribution >= 0.6 is 0 Å². The lowest BCUT2D eigenvalue weighted by Gasteiger charge is -2.12. The quantitative estimate of drug-likeness (QED) is 0.677. The number of carbonyl (C=O) groups excluding carboxylic acids is 1. The predicted molar refractivity (Wildman–Crippen MR) is 93.3 cm³/mol. The fourth-order valence-electron chi connectivity index (χ4n) is 2.55. The molecule has 25 heavy (non-hydrogen) atoms. The Labute approximate surface area is 146 Å². The van der Waals surface area contributed by atoms with Gasteiger partial charge in [0.15, 0.2) is 0 Å². The molecular formula is C19H23NO5. The van der Waals surface area contributed by atoms with Gasteiger partial charge in [-0.15, -0.1) is 0 Å². The summed E-state index contributed by atoms with van der Waals surface area (Å²) in [5.74, 6) is -0.149. The second-order valence-corrected chi connectivity index (χ2v) is 5.72. The van der Waals surface area contributed by atoms with Gasteiger partial charge in [0.05, 0.1) is 19.2 Å². The minimum atomic E-state index is -0.865. The second-order valence-electron chi connectivity index (χ2n) is 5.72. The fourth-order valence-corrected chi connectivity index (χ4v) is 2.55. The van der Waals surface area contributed by atoms with Crippen LogP contribution in [0.4, 0.5) is 0 Å². The molecule has 0 saturated carbocycles. The van der Waals surface area contributed by atoms with Crippen LogP contribution in [-0.2, 0) is 16.1 Å². The monoisotopic (exact) mass is 345 g/mol. The zero-order valence-electron chi connectivity index (χ0n) is 14.5. The molecule has 0 amide bonds. The number of carbonyl (C=O) groups is 2. The molecule has 1 heterocycles. The van der Waals surface area contributed by atoms with E-state index in [2.05, 4.69) is 5.32 Å². The first-order valence-electron chi connectivity index (χ1n) is 8.29. The van der Waals surface area contributed by atoms with Gasteiger partial charge in [-0.2, -0.15) is 0 Å². The Kier molecular flexibility index (Phi) is 6.77. The molecule has 0 saturated heterocycles. The van der Waals surface area contributed by atoms with Crippen LogP contribution < -0.4 is 5.32 Å². The lowest BCUT2D eigenvalue weighted by atomic mass is 10.1. The van der Waals surface area contributed by atoms with Gasteiger partial charge in [0.2, 0.25) is 0 Å². The predicted octanol–water partition coefficient (Wildman–Crippen LogP) is 3.47. The van der Waals surface area contributed by atoms with Crippen LogP contribution in [0, 0.1) is 0 Å². The number of carboxylic acid groups (broad SMARTS) is 1. The van der Waals surface area contributed by atoms with Gasteiger partial charge in [-0.05, 0) is 24.6 Å². The van der Waals surface area contributed by atoms with Crippen molar-refractivity contribution in [2.75, 3.05) is 7.11 Å². The molecule has 1 atom stereocenters. The molecule has 6 heteroatoms. The van der Waals surface area contributed by atoms with Crippen molar-refractivity contribution < 1.29 is 23.8 Å². The number of methoxy groups -OCH3 is 1. The summed E-state index contributed by atoms with van der Waals surface area (Å²) in [6, 6.07) is 9.96. The third-order valence-corrected chi connectivity index (χ3v) is 3.93. The average Bonchev–Trinajstić information content (AvgIpc) is 3.09. The Morgan fingerprint density at radius 3 is 2.68 bits per heavy atom. The summed E-state index contributed by atoms with van der Waals surface area (Å²) in [5.41, 5.74) is 1.06. The molecule has 1 aromatic heterocycles. The summed E-state index contributed by atoms with van der Waals surface area (Å²) in [5, 5.41) is 12.2. The van der Waals surface area contributed by atoms with E-state index in [4.69, 9.17) is 9.15 Å². The molecular weight excluding hydrogens is 322 g/mol. The SMILES string of the molecule is CCCCC(NCc1ccc(-c2ccccc2C(=O)OC)o1)C(=O)O. The van der Waals surface area contributed by atoms with Gasteiger partial charge < -0.3 is 14.3 Å². The minimum Gasteiger partial charge on any atom is -0.480 e. The molecule has 2 rings (SSSR count). The van der Waals surface area contributed by atoms with Gasteiger partial charge in [0.25, 0.3) is 0 Å². The Morgan fingerprint density at radius 1 is 1.24 bits per heavy atom. The van der Waals surface area contributed by atoms with Gasteiger partial charge in [0.1, 0.15) is 17.6 Å². The molecule has 2 aromatic rings. The maximum Gasteiger partial charge on any atom is 0.338 e. The van der Waals surface area contributed by atoms with E-state index in [1.54, 1.807) is 30.3 Å². The van der Waals surface area contributed by atoms with Crippen LogP contribution in [-0.4, -0.2) is 30.2 Å². The molecule has 0 spiro atoms. The van der Waals surface area contributed by atoms with Crippen molar-refractivity contribution in [3.63, 3.8) is 0 Å². The van der Waals surface area contributed by atoms with Gasteiger partial charge in [-0.1, -0.05) is 38.0 Å². The number of furan rings is 1. The Morgan fingerprint density at radius 2 is 2.00 bits per heavy atom. The van der Waals surface area contributed by atoms with Crippen molar-refractivity contribution in [3.8, 4) is 11.3 Å². The molecule has 134 valence electrons.